The van der Waals surface area contributed by atoms with E-state index in [2.05, 4.69) is 28.9 Å². The minimum absolute atomic E-state index is 0.0398. The molecule has 1 fully saturated rings. The first-order valence-corrected chi connectivity index (χ1v) is 7.59. The number of fused-ring (bicyclic) bond motifs is 1. The minimum Gasteiger partial charge on any atom is -0.324 e. The molecule has 104 valence electrons. The Morgan fingerprint density at radius 3 is 2.90 bits per heavy atom. The number of para-hydroxylation sites is 1. The maximum absolute atomic E-state index is 12.5. The smallest absolute Gasteiger partial charge is 0.281 e. The molecule has 0 aliphatic carbocycles. The largest absolute Gasteiger partial charge is 0.324 e. The standard InChI is InChI=1S/C15H17N3OS/c1-10(2)18-9-15(8-13(18)16-3)14(19)17-11-6-4-5-7-12(11)20-15/h4-7,10,13H,8-9H2,1-2H3,(H,17,19)/t13-,15+/m0/s1. The third kappa shape index (κ3) is 2.00. The highest BCUT2D eigenvalue weighted by Gasteiger charge is 2.55. The van der Waals surface area contributed by atoms with Gasteiger partial charge in [-0.1, -0.05) is 12.1 Å². The molecule has 1 N–H and O–H groups in total. The van der Waals surface area contributed by atoms with Crippen LogP contribution in [0.1, 0.15) is 20.3 Å². The minimum atomic E-state index is -0.520. The molecule has 1 spiro atoms. The molecule has 1 saturated heterocycles. The number of hydrogen-bond acceptors (Lipinski definition) is 3. The fraction of sp³-hybridized carbons (Fsp3) is 0.467. The molecule has 0 radical (unpaired) electrons. The van der Waals surface area contributed by atoms with Crippen LogP contribution in [0.4, 0.5) is 5.69 Å². The van der Waals surface area contributed by atoms with Gasteiger partial charge >= 0.3 is 0 Å². The van der Waals surface area contributed by atoms with Gasteiger partial charge in [0.15, 0.2) is 0 Å². The van der Waals surface area contributed by atoms with Gasteiger partial charge in [0.2, 0.25) is 5.91 Å². The van der Waals surface area contributed by atoms with Crippen molar-refractivity contribution in [2.45, 2.75) is 42.1 Å². The molecule has 0 bridgehead atoms. The zero-order chi connectivity index (χ0) is 14.3. The summed E-state index contributed by atoms with van der Waals surface area (Å²) in [4.78, 5) is 19.5. The van der Waals surface area contributed by atoms with Crippen molar-refractivity contribution in [1.29, 1.82) is 0 Å². The van der Waals surface area contributed by atoms with Crippen molar-refractivity contribution in [1.82, 2.24) is 4.90 Å². The summed E-state index contributed by atoms with van der Waals surface area (Å²) in [5.74, 6) is 0.0398. The van der Waals surface area contributed by atoms with Crippen molar-refractivity contribution < 1.29 is 4.79 Å². The van der Waals surface area contributed by atoms with Crippen molar-refractivity contribution in [3.63, 3.8) is 0 Å². The van der Waals surface area contributed by atoms with E-state index in [1.807, 2.05) is 24.3 Å². The van der Waals surface area contributed by atoms with E-state index in [1.165, 1.54) is 0 Å². The Balaban J connectivity index is 1.95. The second kappa shape index (κ2) is 4.80. The number of carbonyl (C=O) groups excluding carboxylic acids is 1. The number of likely N-dealkylation sites (tertiary alicyclic amines) is 1. The Bertz CT molecular complexity index is 595. The highest BCUT2D eigenvalue weighted by Crippen LogP contribution is 2.49. The summed E-state index contributed by atoms with van der Waals surface area (Å²) >= 11 is 1.62. The lowest BCUT2D eigenvalue weighted by Gasteiger charge is -2.32. The first-order valence-electron chi connectivity index (χ1n) is 6.77. The van der Waals surface area contributed by atoms with E-state index < -0.39 is 4.75 Å². The molecular weight excluding hydrogens is 270 g/mol. The highest BCUT2D eigenvalue weighted by atomic mass is 32.2. The van der Waals surface area contributed by atoms with Gasteiger partial charge in [-0.05, 0) is 26.0 Å². The van der Waals surface area contributed by atoms with E-state index in [9.17, 15) is 4.79 Å². The van der Waals surface area contributed by atoms with E-state index in [0.29, 0.717) is 13.0 Å². The summed E-state index contributed by atoms with van der Waals surface area (Å²) in [6.45, 7) is 12.2. The van der Waals surface area contributed by atoms with Crippen LogP contribution < -0.4 is 5.32 Å². The number of nitrogens with zero attached hydrogens (tertiary/aromatic N) is 2. The van der Waals surface area contributed by atoms with Gasteiger partial charge in [0.1, 0.15) is 4.75 Å². The average Bonchev–Trinajstić information content (AvgIpc) is 2.80. The number of benzene rings is 1. The predicted molar refractivity (Wildman–Crippen MR) is 80.5 cm³/mol. The fourth-order valence-corrected chi connectivity index (χ4v) is 4.30. The van der Waals surface area contributed by atoms with Crippen LogP contribution in [0.15, 0.2) is 29.2 Å². The lowest BCUT2D eigenvalue weighted by Crippen LogP contribution is -2.45. The maximum Gasteiger partial charge on any atom is 0.281 e. The van der Waals surface area contributed by atoms with E-state index in [4.69, 9.17) is 6.57 Å². The predicted octanol–water partition coefficient (Wildman–Crippen LogP) is 2.83. The summed E-state index contributed by atoms with van der Waals surface area (Å²) in [5.41, 5.74) is 0.885. The molecule has 1 aromatic carbocycles. The van der Waals surface area contributed by atoms with Crippen LogP contribution in [0.5, 0.6) is 0 Å². The Labute approximate surface area is 123 Å². The Hall–Kier alpha value is -1.51. The molecule has 0 aromatic heterocycles. The molecule has 1 amide bonds. The Kier molecular flexibility index (Phi) is 3.23. The number of amides is 1. The number of thioether (sulfide) groups is 1. The number of carbonyl (C=O) groups is 1. The molecule has 1 aromatic rings. The van der Waals surface area contributed by atoms with Crippen molar-refractivity contribution in [3.8, 4) is 0 Å². The van der Waals surface area contributed by atoms with Crippen LogP contribution in [-0.4, -0.2) is 34.3 Å². The summed E-state index contributed by atoms with van der Waals surface area (Å²) in [6.07, 6.45) is 0.401. The maximum atomic E-state index is 12.5. The van der Waals surface area contributed by atoms with E-state index in [-0.39, 0.29) is 18.1 Å². The third-order valence-electron chi connectivity index (χ3n) is 4.00. The van der Waals surface area contributed by atoms with Crippen molar-refractivity contribution in [2.75, 3.05) is 11.9 Å². The van der Waals surface area contributed by atoms with Crippen LogP contribution in [0, 0.1) is 6.57 Å². The van der Waals surface area contributed by atoms with Gasteiger partial charge in [-0.3, -0.25) is 9.64 Å². The first kappa shape index (κ1) is 13.5. The van der Waals surface area contributed by atoms with Gasteiger partial charge in [-0.15, -0.1) is 11.8 Å². The number of nitrogens with one attached hydrogen (secondary N) is 1. The zero-order valence-corrected chi connectivity index (χ0v) is 12.4. The Morgan fingerprint density at radius 1 is 1.50 bits per heavy atom. The van der Waals surface area contributed by atoms with Gasteiger partial charge < -0.3 is 5.32 Å². The second-order valence-corrected chi connectivity index (χ2v) is 7.05. The van der Waals surface area contributed by atoms with Crippen LogP contribution >= 0.6 is 11.8 Å². The van der Waals surface area contributed by atoms with Gasteiger partial charge in [-0.2, -0.15) is 0 Å². The summed E-state index contributed by atoms with van der Waals surface area (Å²) in [7, 11) is 0. The Morgan fingerprint density at radius 2 is 2.25 bits per heavy atom. The van der Waals surface area contributed by atoms with E-state index in [0.717, 1.165) is 10.6 Å². The summed E-state index contributed by atoms with van der Waals surface area (Å²) in [5, 5.41) is 3.01. The summed E-state index contributed by atoms with van der Waals surface area (Å²) < 4.78 is -0.520. The van der Waals surface area contributed by atoms with Gasteiger partial charge in [0.25, 0.3) is 6.17 Å². The highest BCUT2D eigenvalue weighted by molar-refractivity contribution is 8.01. The van der Waals surface area contributed by atoms with Crippen molar-refractivity contribution in [2.24, 2.45) is 0 Å². The second-order valence-electron chi connectivity index (χ2n) is 5.63. The van der Waals surface area contributed by atoms with Crippen LogP contribution in [0.3, 0.4) is 0 Å². The molecule has 2 atom stereocenters. The van der Waals surface area contributed by atoms with Crippen molar-refractivity contribution >= 4 is 23.4 Å². The molecular formula is C15H17N3OS. The molecule has 2 heterocycles. The normalized spacial score (nSPS) is 29.3. The molecule has 4 nitrogen and oxygen atoms in total. The quantitative estimate of drug-likeness (QED) is 0.807. The summed E-state index contributed by atoms with van der Waals surface area (Å²) in [6, 6.07) is 8.15. The molecule has 2 aliphatic rings. The first-order chi connectivity index (χ1) is 9.55. The molecule has 20 heavy (non-hydrogen) atoms. The van der Waals surface area contributed by atoms with Gasteiger partial charge in [0.05, 0.1) is 12.1 Å². The van der Waals surface area contributed by atoms with Crippen LogP contribution in [0.2, 0.25) is 0 Å². The van der Waals surface area contributed by atoms with Gasteiger partial charge in [-0.25, -0.2) is 11.5 Å². The number of anilines is 1. The lowest BCUT2D eigenvalue weighted by molar-refractivity contribution is -0.118. The SMILES string of the molecule is [C-]#[N+][C@@H]1C[C@]2(CN1C(C)C)Sc1ccccc1NC2=O. The topological polar surface area (TPSA) is 36.7 Å². The fourth-order valence-electron chi connectivity index (χ4n) is 2.91. The molecule has 2 aliphatic heterocycles. The van der Waals surface area contributed by atoms with E-state index in [1.54, 1.807) is 11.8 Å². The van der Waals surface area contributed by atoms with Crippen LogP contribution in [-0.2, 0) is 4.79 Å². The zero-order valence-electron chi connectivity index (χ0n) is 11.6. The average molecular weight is 287 g/mol. The molecule has 3 rings (SSSR count). The number of hydrogen-bond donors (Lipinski definition) is 1. The van der Waals surface area contributed by atoms with Crippen molar-refractivity contribution in [3.05, 3.63) is 35.7 Å². The monoisotopic (exact) mass is 287 g/mol. The van der Waals surface area contributed by atoms with Crippen LogP contribution in [0.25, 0.3) is 4.85 Å². The molecule has 5 heteroatoms. The van der Waals surface area contributed by atoms with E-state index >= 15 is 0 Å². The lowest BCUT2D eigenvalue weighted by atomic mass is 10.1. The third-order valence-corrected chi connectivity index (χ3v) is 5.45. The molecule has 0 saturated carbocycles. The van der Waals surface area contributed by atoms with Gasteiger partial charge in [0, 0.05) is 17.5 Å². The molecule has 0 unspecified atom stereocenters. The number of rotatable bonds is 1.